The molecule has 1 fully saturated rings. The number of aromatic nitrogens is 2. The van der Waals surface area contributed by atoms with E-state index in [1.807, 2.05) is 24.9 Å². The number of hydrogen-bond donors (Lipinski definition) is 1. The molecule has 8 heteroatoms. The molecule has 0 unspecified atom stereocenters. The Hall–Kier alpha value is -1.68. The van der Waals surface area contributed by atoms with Gasteiger partial charge in [-0.2, -0.15) is 0 Å². The first kappa shape index (κ1) is 22.6. The van der Waals surface area contributed by atoms with Gasteiger partial charge in [-0.15, -0.1) is 24.0 Å². The average molecular weight is 501 g/mol. The number of nitrogens with one attached hydrogen (secondary N) is 1. The number of ether oxygens (including phenoxy) is 1. The van der Waals surface area contributed by atoms with Crippen molar-refractivity contribution >= 4 is 29.9 Å². The molecule has 1 aromatic heterocycles. The number of benzene rings is 1. The van der Waals surface area contributed by atoms with Crippen molar-refractivity contribution in [1.82, 2.24) is 19.8 Å². The van der Waals surface area contributed by atoms with Crippen molar-refractivity contribution in [3.8, 4) is 5.69 Å². The minimum Gasteiger partial charge on any atom is -0.379 e. The highest BCUT2D eigenvalue weighted by Crippen LogP contribution is 2.28. The maximum absolute atomic E-state index is 14.4. The molecule has 2 aromatic rings. The smallest absolute Gasteiger partial charge is 0.194 e. The quantitative estimate of drug-likeness (QED) is 0.248. The second-order valence-corrected chi connectivity index (χ2v) is 6.87. The predicted octanol–water partition coefficient (Wildman–Crippen LogP) is 3.45. The summed E-state index contributed by atoms with van der Waals surface area (Å²) in [5.74, 6) is 1.29. The zero-order valence-electron chi connectivity index (χ0n) is 16.5. The molecule has 1 aromatic carbocycles. The van der Waals surface area contributed by atoms with E-state index in [2.05, 4.69) is 15.3 Å². The fourth-order valence-electron chi connectivity index (χ4n) is 2.74. The van der Waals surface area contributed by atoms with Crippen molar-refractivity contribution in [1.29, 1.82) is 0 Å². The molecular formula is C20H29FIN5O. The number of aliphatic imine (C=N–C) groups is 1. The normalized spacial score (nSPS) is 13.9. The summed E-state index contributed by atoms with van der Waals surface area (Å²) >= 11 is 0. The maximum atomic E-state index is 14.4. The Morgan fingerprint density at radius 2 is 2.25 bits per heavy atom. The SMILES string of the molecule is CCNC(=NCc1ccc(-n2ccnc2)c(F)c1)N(C)CCOCC1CC1.I. The molecule has 154 valence electrons. The molecule has 6 nitrogen and oxygen atoms in total. The van der Waals surface area contributed by atoms with Gasteiger partial charge in [0.1, 0.15) is 5.82 Å². The van der Waals surface area contributed by atoms with Gasteiger partial charge in [-0.3, -0.25) is 0 Å². The van der Waals surface area contributed by atoms with Crippen LogP contribution in [0.1, 0.15) is 25.3 Å². The molecule has 1 aliphatic carbocycles. The summed E-state index contributed by atoms with van der Waals surface area (Å²) in [4.78, 5) is 10.6. The Balaban J connectivity index is 0.00000280. The Morgan fingerprint density at radius 3 is 2.89 bits per heavy atom. The van der Waals surface area contributed by atoms with E-state index in [0.29, 0.717) is 18.8 Å². The third kappa shape index (κ3) is 6.73. The molecule has 0 spiro atoms. The summed E-state index contributed by atoms with van der Waals surface area (Å²) in [6.07, 6.45) is 7.54. The minimum atomic E-state index is -0.285. The molecule has 1 saturated carbocycles. The Bertz CT molecular complexity index is 749. The first-order valence-corrected chi connectivity index (χ1v) is 9.51. The number of nitrogens with zero attached hydrogens (tertiary/aromatic N) is 4. The van der Waals surface area contributed by atoms with Crippen LogP contribution < -0.4 is 5.32 Å². The summed E-state index contributed by atoms with van der Waals surface area (Å²) in [5.41, 5.74) is 1.31. The first-order valence-electron chi connectivity index (χ1n) is 9.51. The van der Waals surface area contributed by atoms with E-state index in [-0.39, 0.29) is 29.8 Å². The average Bonchev–Trinajstić information content (AvgIpc) is 3.33. The van der Waals surface area contributed by atoms with Crippen LogP contribution in [0, 0.1) is 11.7 Å². The van der Waals surface area contributed by atoms with Gasteiger partial charge in [-0.25, -0.2) is 14.4 Å². The Morgan fingerprint density at radius 1 is 1.43 bits per heavy atom. The van der Waals surface area contributed by atoms with Crippen molar-refractivity contribution < 1.29 is 9.13 Å². The number of hydrogen-bond acceptors (Lipinski definition) is 3. The van der Waals surface area contributed by atoms with Crippen molar-refractivity contribution in [2.45, 2.75) is 26.3 Å². The lowest BCUT2D eigenvalue weighted by Crippen LogP contribution is -2.40. The fraction of sp³-hybridized carbons (Fsp3) is 0.500. The van der Waals surface area contributed by atoms with Gasteiger partial charge >= 0.3 is 0 Å². The van der Waals surface area contributed by atoms with Crippen LogP contribution in [0.25, 0.3) is 5.69 Å². The molecule has 28 heavy (non-hydrogen) atoms. The third-order valence-corrected chi connectivity index (χ3v) is 4.52. The molecule has 1 heterocycles. The van der Waals surface area contributed by atoms with Gasteiger partial charge in [0.05, 0.1) is 25.2 Å². The van der Waals surface area contributed by atoms with Crippen LogP contribution in [0.15, 0.2) is 41.9 Å². The van der Waals surface area contributed by atoms with E-state index in [4.69, 9.17) is 4.74 Å². The highest BCUT2D eigenvalue weighted by molar-refractivity contribution is 14.0. The molecule has 0 amide bonds. The lowest BCUT2D eigenvalue weighted by atomic mass is 10.2. The molecule has 0 bridgehead atoms. The van der Waals surface area contributed by atoms with Crippen LogP contribution >= 0.6 is 24.0 Å². The lowest BCUT2D eigenvalue weighted by Gasteiger charge is -2.22. The fourth-order valence-corrected chi connectivity index (χ4v) is 2.74. The predicted molar refractivity (Wildman–Crippen MR) is 120 cm³/mol. The number of imidazole rings is 1. The van der Waals surface area contributed by atoms with Crippen LogP contribution in [0.5, 0.6) is 0 Å². The second kappa shape index (κ2) is 11.4. The largest absolute Gasteiger partial charge is 0.379 e. The monoisotopic (exact) mass is 501 g/mol. The number of rotatable bonds is 9. The minimum absolute atomic E-state index is 0. The summed E-state index contributed by atoms with van der Waals surface area (Å²) in [7, 11) is 1.99. The second-order valence-electron chi connectivity index (χ2n) is 6.87. The van der Waals surface area contributed by atoms with Gasteiger partial charge < -0.3 is 19.5 Å². The van der Waals surface area contributed by atoms with Gasteiger partial charge in [0, 0.05) is 39.1 Å². The molecule has 1 aliphatic rings. The van der Waals surface area contributed by atoms with Gasteiger partial charge in [0.25, 0.3) is 0 Å². The molecule has 0 radical (unpaired) electrons. The van der Waals surface area contributed by atoms with Crippen molar-refractivity contribution in [2.75, 3.05) is 33.4 Å². The molecular weight excluding hydrogens is 472 g/mol. The number of likely N-dealkylation sites (N-methyl/N-ethyl adjacent to an activating group) is 1. The number of halogens is 2. The van der Waals surface area contributed by atoms with E-state index >= 15 is 0 Å². The summed E-state index contributed by atoms with van der Waals surface area (Å²) in [6, 6.07) is 5.18. The maximum Gasteiger partial charge on any atom is 0.194 e. The molecule has 0 aliphatic heterocycles. The number of guanidine groups is 1. The zero-order chi connectivity index (χ0) is 19.1. The van der Waals surface area contributed by atoms with E-state index in [1.54, 1.807) is 29.4 Å². The molecule has 0 atom stereocenters. The lowest BCUT2D eigenvalue weighted by molar-refractivity contribution is 0.115. The van der Waals surface area contributed by atoms with Crippen molar-refractivity contribution in [3.63, 3.8) is 0 Å². The van der Waals surface area contributed by atoms with E-state index < -0.39 is 0 Å². The van der Waals surface area contributed by atoms with Crippen LogP contribution in [-0.2, 0) is 11.3 Å². The molecule has 0 saturated heterocycles. The third-order valence-electron chi connectivity index (χ3n) is 4.52. The summed E-state index contributed by atoms with van der Waals surface area (Å²) < 4.78 is 21.7. The molecule has 3 rings (SSSR count). The summed E-state index contributed by atoms with van der Waals surface area (Å²) in [6.45, 7) is 5.55. The van der Waals surface area contributed by atoms with Crippen LogP contribution in [0.4, 0.5) is 4.39 Å². The van der Waals surface area contributed by atoms with E-state index in [9.17, 15) is 4.39 Å². The zero-order valence-corrected chi connectivity index (χ0v) is 18.8. The Labute approximate surface area is 183 Å². The highest BCUT2D eigenvalue weighted by Gasteiger charge is 2.21. The van der Waals surface area contributed by atoms with Crippen LogP contribution in [0.2, 0.25) is 0 Å². The van der Waals surface area contributed by atoms with E-state index in [1.165, 1.54) is 18.9 Å². The standard InChI is InChI=1S/C20H28FN5O.HI/c1-3-23-20(25(2)10-11-27-14-16-4-5-16)24-13-17-6-7-19(18(21)12-17)26-9-8-22-15-26;/h6-9,12,15-16H,3-5,10-11,13-14H2,1-2H3,(H,23,24);1H. The highest BCUT2D eigenvalue weighted by atomic mass is 127. The van der Waals surface area contributed by atoms with Crippen LogP contribution in [-0.4, -0.2) is 53.8 Å². The van der Waals surface area contributed by atoms with Crippen molar-refractivity contribution in [3.05, 3.63) is 48.3 Å². The van der Waals surface area contributed by atoms with E-state index in [0.717, 1.165) is 37.1 Å². The molecule has 1 N–H and O–H groups in total. The van der Waals surface area contributed by atoms with Gasteiger partial charge in [-0.05, 0) is 43.4 Å². The topological polar surface area (TPSA) is 54.7 Å². The van der Waals surface area contributed by atoms with Gasteiger partial charge in [-0.1, -0.05) is 6.07 Å². The van der Waals surface area contributed by atoms with Gasteiger partial charge in [0.2, 0.25) is 0 Å². The first-order chi connectivity index (χ1) is 13.2. The Kier molecular flexibility index (Phi) is 9.17. The van der Waals surface area contributed by atoms with Crippen LogP contribution in [0.3, 0.4) is 0 Å². The summed E-state index contributed by atoms with van der Waals surface area (Å²) in [5, 5.41) is 3.28. The van der Waals surface area contributed by atoms with Crippen molar-refractivity contribution in [2.24, 2.45) is 10.9 Å². The van der Waals surface area contributed by atoms with Gasteiger partial charge in [0.15, 0.2) is 5.96 Å².